The molecule has 0 spiro atoms. The molecular weight excluding hydrogens is 252 g/mol. The average molecular weight is 277 g/mol. The second-order valence-corrected chi connectivity index (χ2v) is 4.90. The van der Waals surface area contributed by atoms with Crippen LogP contribution in [-0.2, 0) is 9.53 Å². The van der Waals surface area contributed by atoms with Crippen LogP contribution >= 0.6 is 11.6 Å². The molecule has 4 heteroatoms. The Morgan fingerprint density at radius 3 is 1.83 bits per heavy atom. The first-order valence-corrected chi connectivity index (χ1v) is 7.18. The molecule has 0 aliphatic heterocycles. The van der Waals surface area contributed by atoms with Gasteiger partial charge in [-0.3, -0.25) is 0 Å². The molecule has 0 radical (unpaired) electrons. The van der Waals surface area contributed by atoms with Crippen molar-refractivity contribution in [3.8, 4) is 0 Å². The number of hydrogen-bond acceptors (Lipinski definition) is 3. The normalized spacial score (nSPS) is 10.3. The van der Waals surface area contributed by atoms with Gasteiger partial charge in [0.15, 0.2) is 0 Å². The van der Waals surface area contributed by atoms with Gasteiger partial charge in [0.2, 0.25) is 0 Å². The van der Waals surface area contributed by atoms with Crippen LogP contribution in [-0.4, -0.2) is 24.3 Å². The lowest BCUT2D eigenvalue weighted by Crippen LogP contribution is -2.04. The first-order chi connectivity index (χ1) is 8.68. The van der Waals surface area contributed by atoms with Crippen LogP contribution in [0.15, 0.2) is 11.6 Å². The Morgan fingerprint density at radius 2 is 1.39 bits per heavy atom. The van der Waals surface area contributed by atoms with E-state index in [-0.39, 0.29) is 5.03 Å². The van der Waals surface area contributed by atoms with E-state index in [1.54, 1.807) is 0 Å². The van der Waals surface area contributed by atoms with E-state index in [9.17, 15) is 4.79 Å². The number of unbranched alkanes of at least 4 members (excludes halogenated alkanes) is 8. The van der Waals surface area contributed by atoms with Crippen molar-refractivity contribution in [1.29, 1.82) is 0 Å². The van der Waals surface area contributed by atoms with Crippen LogP contribution in [0, 0.1) is 0 Å². The third-order valence-corrected chi connectivity index (χ3v) is 2.91. The van der Waals surface area contributed by atoms with Crippen molar-refractivity contribution in [2.45, 2.75) is 57.8 Å². The van der Waals surface area contributed by atoms with Crippen LogP contribution in [0.4, 0.5) is 0 Å². The second kappa shape index (κ2) is 12.9. The summed E-state index contributed by atoms with van der Waals surface area (Å²) in [6.07, 6.45) is 10.2. The van der Waals surface area contributed by atoms with Crippen LogP contribution in [0.1, 0.15) is 57.8 Å². The minimum absolute atomic E-state index is 0.0575. The molecule has 3 nitrogen and oxygen atoms in total. The molecule has 0 aromatic heterocycles. The van der Waals surface area contributed by atoms with Gasteiger partial charge in [-0.25, -0.2) is 4.79 Å². The predicted octanol–water partition coefficient (Wildman–Crippen LogP) is 3.79. The molecule has 0 aromatic carbocycles. The van der Waals surface area contributed by atoms with Crippen LogP contribution in [0.5, 0.6) is 0 Å². The lowest BCUT2D eigenvalue weighted by Gasteiger charge is -2.03. The van der Waals surface area contributed by atoms with Gasteiger partial charge in [0.05, 0.1) is 6.61 Å². The molecule has 0 unspecified atom stereocenters. The van der Waals surface area contributed by atoms with Gasteiger partial charge in [0.25, 0.3) is 0 Å². The van der Waals surface area contributed by atoms with E-state index in [1.807, 2.05) is 0 Å². The summed E-state index contributed by atoms with van der Waals surface area (Å²) >= 11 is 5.38. The summed E-state index contributed by atoms with van der Waals surface area (Å²) in [4.78, 5) is 10.9. The largest absolute Gasteiger partial charge is 0.461 e. The standard InChI is InChI=1S/C14H25ClO3/c1-13(15)14(17)18-12-10-8-6-4-2-3-5-7-9-11-16/h16H,1-12H2. The minimum Gasteiger partial charge on any atom is -0.461 e. The maximum Gasteiger partial charge on any atom is 0.349 e. The van der Waals surface area contributed by atoms with Crippen molar-refractivity contribution in [3.63, 3.8) is 0 Å². The lowest BCUT2D eigenvalue weighted by molar-refractivity contribution is -0.138. The molecule has 0 bridgehead atoms. The van der Waals surface area contributed by atoms with E-state index < -0.39 is 5.97 Å². The molecule has 0 atom stereocenters. The zero-order chi connectivity index (χ0) is 13.6. The number of esters is 1. The van der Waals surface area contributed by atoms with E-state index in [4.69, 9.17) is 21.4 Å². The molecule has 0 saturated carbocycles. The summed E-state index contributed by atoms with van der Waals surface area (Å²) in [5.41, 5.74) is 0. The number of aliphatic hydroxyl groups is 1. The van der Waals surface area contributed by atoms with E-state index in [0.717, 1.165) is 25.7 Å². The van der Waals surface area contributed by atoms with Crippen LogP contribution < -0.4 is 0 Å². The average Bonchev–Trinajstić information content (AvgIpc) is 2.35. The van der Waals surface area contributed by atoms with Gasteiger partial charge in [-0.05, 0) is 12.8 Å². The highest BCUT2D eigenvalue weighted by atomic mass is 35.5. The van der Waals surface area contributed by atoms with Crippen molar-refractivity contribution in [2.24, 2.45) is 0 Å². The summed E-state index contributed by atoms with van der Waals surface area (Å²) in [7, 11) is 0. The van der Waals surface area contributed by atoms with E-state index in [2.05, 4.69) is 6.58 Å². The van der Waals surface area contributed by atoms with Gasteiger partial charge in [0.1, 0.15) is 5.03 Å². The molecule has 0 aromatic rings. The molecule has 0 fully saturated rings. The van der Waals surface area contributed by atoms with Gasteiger partial charge in [-0.1, -0.05) is 63.1 Å². The molecule has 0 rings (SSSR count). The maximum atomic E-state index is 10.9. The quantitative estimate of drug-likeness (QED) is 0.335. The summed E-state index contributed by atoms with van der Waals surface area (Å²) in [6, 6.07) is 0. The Kier molecular flexibility index (Phi) is 12.5. The number of ether oxygens (including phenoxy) is 1. The maximum absolute atomic E-state index is 10.9. The van der Waals surface area contributed by atoms with Crippen LogP contribution in [0.3, 0.4) is 0 Å². The third kappa shape index (κ3) is 11.9. The molecule has 0 heterocycles. The molecule has 0 aliphatic carbocycles. The molecule has 0 saturated heterocycles. The Balaban J connectivity index is 3.07. The monoisotopic (exact) mass is 276 g/mol. The Morgan fingerprint density at radius 1 is 0.944 bits per heavy atom. The summed E-state index contributed by atoms with van der Waals surface area (Å²) in [5, 5.41) is 8.56. The third-order valence-electron chi connectivity index (χ3n) is 2.76. The summed E-state index contributed by atoms with van der Waals surface area (Å²) < 4.78 is 4.88. The smallest absolute Gasteiger partial charge is 0.349 e. The highest BCUT2D eigenvalue weighted by Gasteiger charge is 2.03. The van der Waals surface area contributed by atoms with Crippen LogP contribution in [0.25, 0.3) is 0 Å². The number of aliphatic hydroxyl groups excluding tert-OH is 1. The van der Waals surface area contributed by atoms with E-state index in [1.165, 1.54) is 32.1 Å². The molecule has 1 N–H and O–H groups in total. The number of halogens is 1. The minimum atomic E-state index is -0.513. The zero-order valence-electron chi connectivity index (χ0n) is 11.1. The highest BCUT2D eigenvalue weighted by molar-refractivity contribution is 6.40. The SMILES string of the molecule is C=C(Cl)C(=O)OCCCCCCCCCCCO. The van der Waals surface area contributed by atoms with E-state index >= 15 is 0 Å². The molecule has 106 valence electrons. The van der Waals surface area contributed by atoms with Crippen molar-refractivity contribution in [2.75, 3.05) is 13.2 Å². The molecule has 18 heavy (non-hydrogen) atoms. The molecular formula is C14H25ClO3. The van der Waals surface area contributed by atoms with Gasteiger partial charge in [-0.15, -0.1) is 0 Å². The fraction of sp³-hybridized carbons (Fsp3) is 0.786. The van der Waals surface area contributed by atoms with Gasteiger partial charge < -0.3 is 9.84 Å². The van der Waals surface area contributed by atoms with Crippen molar-refractivity contribution < 1.29 is 14.6 Å². The zero-order valence-corrected chi connectivity index (χ0v) is 11.9. The Bertz CT molecular complexity index is 229. The van der Waals surface area contributed by atoms with Crippen molar-refractivity contribution >= 4 is 17.6 Å². The topological polar surface area (TPSA) is 46.5 Å². The fourth-order valence-electron chi connectivity index (χ4n) is 1.69. The van der Waals surface area contributed by atoms with Gasteiger partial charge in [0, 0.05) is 6.61 Å². The Hall–Kier alpha value is -0.540. The molecule has 0 aliphatic rings. The first kappa shape index (κ1) is 17.5. The fourth-order valence-corrected chi connectivity index (χ4v) is 1.75. The number of hydrogen-bond donors (Lipinski definition) is 1. The predicted molar refractivity (Wildman–Crippen MR) is 74.6 cm³/mol. The molecule has 0 amide bonds. The highest BCUT2D eigenvalue weighted by Crippen LogP contribution is 2.10. The van der Waals surface area contributed by atoms with Crippen molar-refractivity contribution in [1.82, 2.24) is 0 Å². The van der Waals surface area contributed by atoms with Crippen LogP contribution in [0.2, 0.25) is 0 Å². The summed E-state index contributed by atoms with van der Waals surface area (Å²) in [5.74, 6) is -0.513. The number of rotatable bonds is 12. The van der Waals surface area contributed by atoms with Gasteiger partial charge in [-0.2, -0.15) is 0 Å². The second-order valence-electron chi connectivity index (χ2n) is 4.45. The van der Waals surface area contributed by atoms with Crippen molar-refractivity contribution in [3.05, 3.63) is 11.6 Å². The number of carbonyl (C=O) groups is 1. The first-order valence-electron chi connectivity index (χ1n) is 6.81. The number of carbonyl (C=O) groups excluding carboxylic acids is 1. The summed E-state index contributed by atoms with van der Waals surface area (Å²) in [6.45, 7) is 4.04. The van der Waals surface area contributed by atoms with Gasteiger partial charge >= 0.3 is 5.97 Å². The lowest BCUT2D eigenvalue weighted by atomic mass is 10.1. The van der Waals surface area contributed by atoms with E-state index in [0.29, 0.717) is 13.2 Å². The Labute approximate surface area is 115 Å².